The fourth-order valence-corrected chi connectivity index (χ4v) is 3.94. The van der Waals surface area contributed by atoms with E-state index in [2.05, 4.69) is 14.7 Å². The number of halogens is 3. The number of hydrogen-bond acceptors (Lipinski definition) is 7. The van der Waals surface area contributed by atoms with E-state index in [9.17, 15) is 22.2 Å². The van der Waals surface area contributed by atoms with Crippen LogP contribution in [0.2, 0.25) is 0 Å². The van der Waals surface area contributed by atoms with Gasteiger partial charge in [-0.2, -0.15) is 13.2 Å². The van der Waals surface area contributed by atoms with Gasteiger partial charge in [-0.3, -0.25) is 4.99 Å². The molecule has 1 aromatic heterocycles. The van der Waals surface area contributed by atoms with Crippen molar-refractivity contribution in [3.05, 3.63) is 27.9 Å². The number of ether oxygens (including phenoxy) is 1. The minimum absolute atomic E-state index is 0.0580. The van der Waals surface area contributed by atoms with E-state index in [1.54, 1.807) is 16.5 Å². The lowest BCUT2D eigenvalue weighted by molar-refractivity contribution is -0.136. The summed E-state index contributed by atoms with van der Waals surface area (Å²) in [5.41, 5.74) is -4.05. The molecule has 0 aromatic carbocycles. The van der Waals surface area contributed by atoms with E-state index in [4.69, 9.17) is 4.74 Å². The molecule has 2 unspecified atom stereocenters. The third-order valence-electron chi connectivity index (χ3n) is 3.70. The van der Waals surface area contributed by atoms with Gasteiger partial charge in [-0.1, -0.05) is 0 Å². The normalized spacial score (nSPS) is 21.8. The molecule has 0 radical (unpaired) electrons. The van der Waals surface area contributed by atoms with Crippen molar-refractivity contribution in [1.82, 2.24) is 14.6 Å². The molecule has 1 saturated heterocycles. The Bertz CT molecular complexity index is 761. The summed E-state index contributed by atoms with van der Waals surface area (Å²) in [7, 11) is -1.95. The molecule has 0 aliphatic carbocycles. The van der Waals surface area contributed by atoms with E-state index in [-0.39, 0.29) is 25.1 Å². The summed E-state index contributed by atoms with van der Waals surface area (Å²) in [5.74, 6) is -0.0979. The van der Waals surface area contributed by atoms with E-state index < -0.39 is 28.5 Å². The van der Waals surface area contributed by atoms with Crippen LogP contribution < -0.4 is 4.72 Å². The van der Waals surface area contributed by atoms with Gasteiger partial charge in [0.15, 0.2) is 21.8 Å². The van der Waals surface area contributed by atoms with Gasteiger partial charge in [0, 0.05) is 36.3 Å². The zero-order chi connectivity index (χ0) is 18.2. The highest BCUT2D eigenvalue weighted by Crippen LogP contribution is 2.32. The molecule has 2 atom stereocenters. The monoisotopic (exact) mass is 394 g/mol. The highest BCUT2D eigenvalue weighted by Gasteiger charge is 2.42. The molecule has 1 aromatic rings. The van der Waals surface area contributed by atoms with Gasteiger partial charge in [-0.25, -0.2) is 18.7 Å². The van der Waals surface area contributed by atoms with Gasteiger partial charge in [0.05, 0.1) is 19.2 Å². The predicted molar refractivity (Wildman–Crippen MR) is 85.0 cm³/mol. The second kappa shape index (κ2) is 6.84. The lowest BCUT2D eigenvalue weighted by atomic mass is 10.1. The number of methoxy groups -OCH3 is 1. The van der Waals surface area contributed by atoms with Crippen LogP contribution in [0.1, 0.15) is 11.4 Å². The SMILES string of the molecule is COC(=O)C1=C2CC(NS(=O)C(F)(F)F)CN2C(c2nccs2)=NC1. The highest BCUT2D eigenvalue weighted by atomic mass is 32.2. The first-order valence-electron chi connectivity index (χ1n) is 7.08. The standard InChI is InChI=1S/C13H13F3N4O3S2/c1-23-12(21)8-5-18-10(11-17-2-3-24-11)20-6-7(4-9(8)20)19-25(22)13(14,15)16/h2-3,7,19H,4-6H2,1H3. The van der Waals surface area contributed by atoms with E-state index >= 15 is 0 Å². The maximum atomic E-state index is 12.5. The summed E-state index contributed by atoms with van der Waals surface area (Å²) in [4.78, 5) is 22.1. The van der Waals surface area contributed by atoms with Crippen LogP contribution in [0.4, 0.5) is 13.2 Å². The average molecular weight is 394 g/mol. The molecule has 2 aliphatic rings. The highest BCUT2D eigenvalue weighted by molar-refractivity contribution is 7.83. The predicted octanol–water partition coefficient (Wildman–Crippen LogP) is 1.18. The van der Waals surface area contributed by atoms with Crippen LogP contribution >= 0.6 is 11.3 Å². The molecule has 12 heteroatoms. The summed E-state index contributed by atoms with van der Waals surface area (Å²) in [6.07, 6.45) is 1.70. The van der Waals surface area contributed by atoms with Gasteiger partial charge in [-0.15, -0.1) is 11.3 Å². The summed E-state index contributed by atoms with van der Waals surface area (Å²) in [6.45, 7) is 0.151. The molecule has 0 bridgehead atoms. The van der Waals surface area contributed by atoms with Gasteiger partial charge in [0.2, 0.25) is 0 Å². The van der Waals surface area contributed by atoms with Crippen molar-refractivity contribution in [3.8, 4) is 0 Å². The van der Waals surface area contributed by atoms with E-state index in [1.807, 2.05) is 0 Å². The topological polar surface area (TPSA) is 83.9 Å². The molecular weight excluding hydrogens is 381 g/mol. The molecule has 7 nitrogen and oxygen atoms in total. The second-order valence-electron chi connectivity index (χ2n) is 5.24. The maximum absolute atomic E-state index is 12.5. The largest absolute Gasteiger partial charge is 0.485 e. The zero-order valence-electron chi connectivity index (χ0n) is 12.9. The number of carbonyl (C=O) groups is 1. The summed E-state index contributed by atoms with van der Waals surface area (Å²) in [6, 6.07) is -0.750. The van der Waals surface area contributed by atoms with Crippen molar-refractivity contribution in [1.29, 1.82) is 0 Å². The maximum Gasteiger partial charge on any atom is 0.485 e. The Kier molecular flexibility index (Phi) is 4.93. The second-order valence-corrected chi connectivity index (χ2v) is 7.37. The minimum Gasteiger partial charge on any atom is -0.466 e. The van der Waals surface area contributed by atoms with Gasteiger partial charge >= 0.3 is 11.5 Å². The lowest BCUT2D eigenvalue weighted by Gasteiger charge is -2.26. The number of carbonyl (C=O) groups excluding carboxylic acids is 1. The van der Waals surface area contributed by atoms with E-state index in [0.717, 1.165) is 0 Å². The van der Waals surface area contributed by atoms with Gasteiger partial charge < -0.3 is 9.64 Å². The number of alkyl halides is 3. The summed E-state index contributed by atoms with van der Waals surface area (Å²) >= 11 is 1.33. The smallest absolute Gasteiger partial charge is 0.466 e. The van der Waals surface area contributed by atoms with Crippen molar-refractivity contribution in [3.63, 3.8) is 0 Å². The van der Waals surface area contributed by atoms with Crippen LogP contribution in [0.3, 0.4) is 0 Å². The summed E-state index contributed by atoms with van der Waals surface area (Å²) < 4.78 is 55.7. The minimum atomic E-state index is -4.85. The molecule has 136 valence electrons. The Morgan fingerprint density at radius 1 is 1.52 bits per heavy atom. The Balaban J connectivity index is 1.88. The number of hydrogen-bond donors (Lipinski definition) is 1. The Labute approximate surface area is 147 Å². The number of esters is 1. The number of rotatable bonds is 4. The molecule has 3 rings (SSSR count). The van der Waals surface area contributed by atoms with Crippen LogP contribution in [-0.2, 0) is 20.5 Å². The first-order chi connectivity index (χ1) is 11.8. The lowest BCUT2D eigenvalue weighted by Crippen LogP contribution is -2.41. The third-order valence-corrected chi connectivity index (χ3v) is 5.44. The van der Waals surface area contributed by atoms with Crippen LogP contribution in [0.15, 0.2) is 27.8 Å². The number of aliphatic imine (C=N–C) groups is 1. The molecular formula is C13H13F3N4O3S2. The quantitative estimate of drug-likeness (QED) is 0.776. The van der Waals surface area contributed by atoms with Gasteiger partial charge in [-0.05, 0) is 0 Å². The molecule has 0 saturated carbocycles. The number of thiazole rings is 1. The average Bonchev–Trinajstić information content (AvgIpc) is 3.21. The van der Waals surface area contributed by atoms with Gasteiger partial charge in [0.1, 0.15) is 0 Å². The Morgan fingerprint density at radius 2 is 2.28 bits per heavy atom. The Hall–Kier alpha value is -1.79. The molecule has 25 heavy (non-hydrogen) atoms. The van der Waals surface area contributed by atoms with Gasteiger partial charge in [0.25, 0.3) is 0 Å². The fraction of sp³-hybridized carbons (Fsp3) is 0.462. The Morgan fingerprint density at radius 3 is 2.88 bits per heavy atom. The summed E-state index contributed by atoms with van der Waals surface area (Å²) in [5, 5.41) is 2.35. The first-order valence-corrected chi connectivity index (χ1v) is 9.11. The van der Waals surface area contributed by atoms with E-state index in [1.165, 1.54) is 18.4 Å². The molecule has 0 amide bonds. The number of amidine groups is 1. The van der Waals surface area contributed by atoms with Crippen LogP contribution in [0.5, 0.6) is 0 Å². The van der Waals surface area contributed by atoms with Crippen LogP contribution in [0, 0.1) is 0 Å². The van der Waals surface area contributed by atoms with Crippen LogP contribution in [0.25, 0.3) is 0 Å². The molecule has 1 N–H and O–H groups in total. The van der Waals surface area contributed by atoms with Crippen molar-refractivity contribution in [2.24, 2.45) is 4.99 Å². The van der Waals surface area contributed by atoms with E-state index in [0.29, 0.717) is 16.5 Å². The third kappa shape index (κ3) is 3.60. The van der Waals surface area contributed by atoms with Crippen molar-refractivity contribution in [2.75, 3.05) is 20.2 Å². The zero-order valence-corrected chi connectivity index (χ0v) is 14.5. The number of nitrogens with one attached hydrogen (secondary N) is 1. The molecule has 0 spiro atoms. The fourth-order valence-electron chi connectivity index (χ4n) is 2.69. The molecule has 3 heterocycles. The number of aromatic nitrogens is 1. The van der Waals surface area contributed by atoms with Crippen molar-refractivity contribution in [2.45, 2.75) is 18.0 Å². The molecule has 1 fully saturated rings. The molecule has 2 aliphatic heterocycles. The van der Waals surface area contributed by atoms with Crippen LogP contribution in [-0.4, -0.2) is 57.6 Å². The van der Waals surface area contributed by atoms with Crippen molar-refractivity contribution >= 4 is 34.1 Å². The number of fused-ring (bicyclic) bond motifs is 1. The van der Waals surface area contributed by atoms with Crippen molar-refractivity contribution < 1.29 is 26.9 Å². The number of nitrogens with zero attached hydrogens (tertiary/aromatic N) is 3. The first kappa shape index (κ1) is 18.0.